The second-order valence-electron chi connectivity index (χ2n) is 5.41. The molecule has 102 valence electrons. The average Bonchev–Trinajstić information content (AvgIpc) is 2.39. The van der Waals surface area contributed by atoms with E-state index in [-0.39, 0.29) is 11.6 Å². The molecule has 2 atom stereocenters. The second kappa shape index (κ2) is 7.34. The number of unbranched alkanes of at least 4 members (excludes halogenated alkanes) is 2. The molecule has 0 radical (unpaired) electrons. The highest BCUT2D eigenvalue weighted by molar-refractivity contribution is 4.95. The minimum absolute atomic E-state index is 0.150. The van der Waals surface area contributed by atoms with Gasteiger partial charge in [0.2, 0.25) is 0 Å². The fourth-order valence-corrected chi connectivity index (χ4v) is 2.72. The fourth-order valence-electron chi connectivity index (χ4n) is 2.72. The number of nitrogens with zero attached hydrogens (tertiary/aromatic N) is 1. The summed E-state index contributed by atoms with van der Waals surface area (Å²) < 4.78 is 5.44. The summed E-state index contributed by atoms with van der Waals surface area (Å²) in [4.78, 5) is 2.53. The molecule has 2 N–H and O–H groups in total. The molecule has 3 nitrogen and oxygen atoms in total. The monoisotopic (exact) mass is 242 g/mol. The standard InChI is InChI=1S/C14H30N2O/c1-4-6-7-8-13(15)14(3,5-2)16-9-11-17-12-10-16/h13H,4-12,15H2,1-3H3. The Hall–Kier alpha value is -0.120. The van der Waals surface area contributed by atoms with Crippen molar-refractivity contribution in [2.75, 3.05) is 26.3 Å². The van der Waals surface area contributed by atoms with Gasteiger partial charge in [-0.25, -0.2) is 0 Å². The summed E-state index contributed by atoms with van der Waals surface area (Å²) in [5.41, 5.74) is 6.60. The minimum Gasteiger partial charge on any atom is -0.379 e. The molecule has 1 saturated heterocycles. The average molecular weight is 242 g/mol. The van der Waals surface area contributed by atoms with Crippen LogP contribution in [0.15, 0.2) is 0 Å². The highest BCUT2D eigenvalue weighted by atomic mass is 16.5. The molecule has 0 aromatic rings. The van der Waals surface area contributed by atoms with Crippen molar-refractivity contribution in [3.8, 4) is 0 Å². The van der Waals surface area contributed by atoms with Gasteiger partial charge in [0.05, 0.1) is 13.2 Å². The molecule has 3 heteroatoms. The first-order valence-corrected chi connectivity index (χ1v) is 7.23. The van der Waals surface area contributed by atoms with Crippen LogP contribution in [0.4, 0.5) is 0 Å². The van der Waals surface area contributed by atoms with E-state index in [1.165, 1.54) is 19.3 Å². The molecular formula is C14H30N2O. The summed E-state index contributed by atoms with van der Waals surface area (Å²) in [6, 6.07) is 0.289. The molecule has 0 spiro atoms. The quantitative estimate of drug-likeness (QED) is 0.697. The van der Waals surface area contributed by atoms with Crippen molar-refractivity contribution in [1.29, 1.82) is 0 Å². The zero-order chi connectivity index (χ0) is 12.7. The van der Waals surface area contributed by atoms with Crippen LogP contribution in [-0.4, -0.2) is 42.8 Å². The van der Waals surface area contributed by atoms with E-state index in [0.717, 1.165) is 39.1 Å². The third-order valence-electron chi connectivity index (χ3n) is 4.37. The SMILES string of the molecule is CCCCCC(N)C(C)(CC)N1CCOCC1. The van der Waals surface area contributed by atoms with Crippen LogP contribution < -0.4 is 5.73 Å². The van der Waals surface area contributed by atoms with E-state index in [0.29, 0.717) is 0 Å². The third-order valence-corrected chi connectivity index (χ3v) is 4.37. The Labute approximate surface area is 107 Å². The van der Waals surface area contributed by atoms with E-state index in [1.807, 2.05) is 0 Å². The van der Waals surface area contributed by atoms with Crippen molar-refractivity contribution in [3.05, 3.63) is 0 Å². The summed E-state index contributed by atoms with van der Waals surface area (Å²) in [5.74, 6) is 0. The van der Waals surface area contributed by atoms with Crippen LogP contribution in [0, 0.1) is 0 Å². The lowest BCUT2D eigenvalue weighted by Crippen LogP contribution is -2.60. The van der Waals surface area contributed by atoms with Gasteiger partial charge < -0.3 is 10.5 Å². The molecule has 0 aliphatic carbocycles. The number of morpholine rings is 1. The molecule has 1 aliphatic heterocycles. The van der Waals surface area contributed by atoms with Crippen LogP contribution in [-0.2, 0) is 4.74 Å². The van der Waals surface area contributed by atoms with Crippen molar-refractivity contribution in [1.82, 2.24) is 4.90 Å². The van der Waals surface area contributed by atoms with E-state index >= 15 is 0 Å². The van der Waals surface area contributed by atoms with Gasteiger partial charge in [-0.1, -0.05) is 33.1 Å². The molecule has 2 unspecified atom stereocenters. The third kappa shape index (κ3) is 3.94. The lowest BCUT2D eigenvalue weighted by atomic mass is 9.84. The maximum absolute atomic E-state index is 6.45. The summed E-state index contributed by atoms with van der Waals surface area (Å²) in [7, 11) is 0. The van der Waals surface area contributed by atoms with E-state index in [4.69, 9.17) is 10.5 Å². The number of nitrogens with two attached hydrogens (primary N) is 1. The first kappa shape index (κ1) is 14.9. The van der Waals surface area contributed by atoms with Gasteiger partial charge in [-0.2, -0.15) is 0 Å². The van der Waals surface area contributed by atoms with Gasteiger partial charge in [-0.3, -0.25) is 4.90 Å². The molecule has 0 aromatic carbocycles. The van der Waals surface area contributed by atoms with Gasteiger partial charge in [0.1, 0.15) is 0 Å². The van der Waals surface area contributed by atoms with Crippen molar-refractivity contribution in [3.63, 3.8) is 0 Å². The van der Waals surface area contributed by atoms with E-state index in [1.54, 1.807) is 0 Å². The van der Waals surface area contributed by atoms with Crippen LogP contribution in [0.2, 0.25) is 0 Å². The van der Waals surface area contributed by atoms with Crippen molar-refractivity contribution in [2.45, 2.75) is 64.5 Å². The number of hydrogen-bond acceptors (Lipinski definition) is 3. The summed E-state index contributed by atoms with van der Waals surface area (Å²) in [6.45, 7) is 10.6. The van der Waals surface area contributed by atoms with Gasteiger partial charge in [-0.15, -0.1) is 0 Å². The summed E-state index contributed by atoms with van der Waals surface area (Å²) in [5, 5.41) is 0. The van der Waals surface area contributed by atoms with Gasteiger partial charge in [0, 0.05) is 24.7 Å². The Morgan fingerprint density at radius 1 is 1.24 bits per heavy atom. The molecular weight excluding hydrogens is 212 g/mol. The first-order valence-electron chi connectivity index (χ1n) is 7.23. The van der Waals surface area contributed by atoms with Crippen molar-refractivity contribution < 1.29 is 4.74 Å². The Kier molecular flexibility index (Phi) is 6.45. The highest BCUT2D eigenvalue weighted by Crippen LogP contribution is 2.26. The summed E-state index contributed by atoms with van der Waals surface area (Å²) in [6.07, 6.45) is 6.11. The van der Waals surface area contributed by atoms with Gasteiger partial charge in [0.15, 0.2) is 0 Å². The van der Waals surface area contributed by atoms with Gasteiger partial charge >= 0.3 is 0 Å². The van der Waals surface area contributed by atoms with Crippen LogP contribution in [0.1, 0.15) is 52.9 Å². The van der Waals surface area contributed by atoms with Crippen LogP contribution in [0.25, 0.3) is 0 Å². The maximum Gasteiger partial charge on any atom is 0.0594 e. The number of ether oxygens (including phenoxy) is 1. The van der Waals surface area contributed by atoms with E-state index < -0.39 is 0 Å². The Morgan fingerprint density at radius 3 is 2.41 bits per heavy atom. The zero-order valence-corrected chi connectivity index (χ0v) is 11.9. The largest absolute Gasteiger partial charge is 0.379 e. The lowest BCUT2D eigenvalue weighted by Gasteiger charge is -2.46. The predicted molar refractivity (Wildman–Crippen MR) is 73.2 cm³/mol. The van der Waals surface area contributed by atoms with Crippen LogP contribution in [0.5, 0.6) is 0 Å². The molecule has 0 bridgehead atoms. The van der Waals surface area contributed by atoms with Crippen LogP contribution >= 0.6 is 0 Å². The normalized spacial score (nSPS) is 23.3. The van der Waals surface area contributed by atoms with Gasteiger partial charge in [-0.05, 0) is 19.8 Å². The Bertz CT molecular complexity index is 204. The van der Waals surface area contributed by atoms with Crippen LogP contribution in [0.3, 0.4) is 0 Å². The molecule has 1 rings (SSSR count). The Morgan fingerprint density at radius 2 is 1.88 bits per heavy atom. The summed E-state index contributed by atoms with van der Waals surface area (Å²) >= 11 is 0. The molecule has 17 heavy (non-hydrogen) atoms. The predicted octanol–water partition coefficient (Wildman–Crippen LogP) is 2.39. The smallest absolute Gasteiger partial charge is 0.0594 e. The van der Waals surface area contributed by atoms with Crippen molar-refractivity contribution >= 4 is 0 Å². The molecule has 0 aromatic heterocycles. The molecule has 0 amide bonds. The first-order chi connectivity index (χ1) is 8.15. The minimum atomic E-state index is 0.150. The Balaban J connectivity index is 2.52. The van der Waals surface area contributed by atoms with Gasteiger partial charge in [0.25, 0.3) is 0 Å². The molecule has 1 fully saturated rings. The van der Waals surface area contributed by atoms with E-state index in [2.05, 4.69) is 25.7 Å². The zero-order valence-electron chi connectivity index (χ0n) is 11.9. The fraction of sp³-hybridized carbons (Fsp3) is 1.00. The molecule has 0 saturated carbocycles. The van der Waals surface area contributed by atoms with E-state index in [9.17, 15) is 0 Å². The second-order valence-corrected chi connectivity index (χ2v) is 5.41. The van der Waals surface area contributed by atoms with Crippen molar-refractivity contribution in [2.24, 2.45) is 5.73 Å². The highest BCUT2D eigenvalue weighted by Gasteiger charge is 2.36. The molecule has 1 heterocycles. The number of hydrogen-bond donors (Lipinski definition) is 1. The number of rotatable bonds is 7. The lowest BCUT2D eigenvalue weighted by molar-refractivity contribution is -0.0284. The maximum atomic E-state index is 6.45. The molecule has 1 aliphatic rings. The topological polar surface area (TPSA) is 38.5 Å².